The molecule has 2 saturated carbocycles. The lowest BCUT2D eigenvalue weighted by molar-refractivity contribution is -0.121. The third kappa shape index (κ3) is 4.58. The second kappa shape index (κ2) is 8.24. The van der Waals surface area contributed by atoms with Crippen molar-refractivity contribution in [1.29, 1.82) is 0 Å². The van der Waals surface area contributed by atoms with E-state index in [1.54, 1.807) is 18.2 Å². The molecule has 2 aliphatic rings. The molecule has 0 unspecified atom stereocenters. The van der Waals surface area contributed by atoms with Crippen molar-refractivity contribution in [3.8, 4) is 11.8 Å². The molecule has 1 aromatic carbocycles. The number of hydrogen-bond acceptors (Lipinski definition) is 4. The number of rotatable bonds is 5. The van der Waals surface area contributed by atoms with E-state index in [0.29, 0.717) is 32.1 Å². The van der Waals surface area contributed by atoms with Crippen molar-refractivity contribution < 1.29 is 24.9 Å². The Balaban J connectivity index is 1.65. The number of aliphatic hydroxyl groups excluding tert-OH is 1. The average Bonchev–Trinajstić information content (AvgIpc) is 3.17. The molecule has 0 bridgehead atoms. The standard InChI is InChI=1S/C22H26O5/c23-19-14-20(24)18(10-13-22(27)11-3-4-12-22)17(19)9-5-7-15-6-1-2-8-16(15)21(25)26/h1-2,6,8,17-18,20,24,27H,3-5,7,9,11-12,14H2,(H,25,26)/t17-,18-,20-/m1/s1. The molecule has 3 atom stereocenters. The van der Waals surface area contributed by atoms with Gasteiger partial charge in [-0.05, 0) is 56.6 Å². The highest BCUT2D eigenvalue weighted by Gasteiger charge is 2.40. The number of benzene rings is 1. The molecule has 1 aromatic rings. The maximum Gasteiger partial charge on any atom is 0.335 e. The lowest BCUT2D eigenvalue weighted by Gasteiger charge is -2.18. The van der Waals surface area contributed by atoms with Crippen LogP contribution in [0.2, 0.25) is 0 Å². The summed E-state index contributed by atoms with van der Waals surface area (Å²) < 4.78 is 0. The molecule has 0 spiro atoms. The van der Waals surface area contributed by atoms with Crippen LogP contribution in [0, 0.1) is 23.7 Å². The van der Waals surface area contributed by atoms with Gasteiger partial charge >= 0.3 is 5.97 Å². The summed E-state index contributed by atoms with van der Waals surface area (Å²) in [4.78, 5) is 23.6. The van der Waals surface area contributed by atoms with Gasteiger partial charge in [-0.2, -0.15) is 0 Å². The van der Waals surface area contributed by atoms with Crippen LogP contribution in [0.3, 0.4) is 0 Å². The van der Waals surface area contributed by atoms with Gasteiger partial charge in [-0.3, -0.25) is 4.79 Å². The van der Waals surface area contributed by atoms with E-state index in [9.17, 15) is 24.9 Å². The molecule has 0 radical (unpaired) electrons. The van der Waals surface area contributed by atoms with Crippen LogP contribution in [-0.2, 0) is 11.2 Å². The maximum absolute atomic E-state index is 12.3. The zero-order valence-electron chi connectivity index (χ0n) is 15.4. The SMILES string of the molecule is O=C(O)c1ccccc1CCC[C@H]1C(=O)C[C@@H](O)[C@@H]1C#CC1(O)CCCC1. The summed E-state index contributed by atoms with van der Waals surface area (Å²) in [5, 5.41) is 29.9. The van der Waals surface area contributed by atoms with Crippen LogP contribution >= 0.6 is 0 Å². The number of aliphatic hydroxyl groups is 2. The van der Waals surface area contributed by atoms with Crippen molar-refractivity contribution in [1.82, 2.24) is 0 Å². The average molecular weight is 370 g/mol. The molecular weight excluding hydrogens is 344 g/mol. The summed E-state index contributed by atoms with van der Waals surface area (Å²) in [5.74, 6) is 4.19. The van der Waals surface area contributed by atoms with Crippen LogP contribution in [-0.4, -0.2) is 38.8 Å². The molecule has 2 aliphatic carbocycles. The fraction of sp³-hybridized carbons (Fsp3) is 0.545. The number of Topliss-reactive ketones (excluding diaryl/α,β-unsaturated/α-hetero) is 1. The minimum atomic E-state index is -0.976. The molecule has 0 aliphatic heterocycles. The van der Waals surface area contributed by atoms with Crippen molar-refractivity contribution in [3.63, 3.8) is 0 Å². The van der Waals surface area contributed by atoms with Gasteiger partial charge in [0.2, 0.25) is 0 Å². The summed E-state index contributed by atoms with van der Waals surface area (Å²) in [7, 11) is 0. The number of aryl methyl sites for hydroxylation is 1. The van der Waals surface area contributed by atoms with E-state index in [1.165, 1.54) is 0 Å². The van der Waals surface area contributed by atoms with Gasteiger partial charge < -0.3 is 15.3 Å². The number of ketones is 1. The van der Waals surface area contributed by atoms with Gasteiger partial charge in [0.05, 0.1) is 17.6 Å². The molecule has 27 heavy (non-hydrogen) atoms. The minimum absolute atomic E-state index is 0.00623. The van der Waals surface area contributed by atoms with Gasteiger partial charge in [0.15, 0.2) is 0 Å². The molecule has 5 nitrogen and oxygen atoms in total. The van der Waals surface area contributed by atoms with Gasteiger partial charge in [-0.1, -0.05) is 30.0 Å². The topological polar surface area (TPSA) is 94.8 Å². The number of carboxylic acids is 1. The number of aromatic carboxylic acids is 1. The molecule has 144 valence electrons. The molecule has 5 heteroatoms. The van der Waals surface area contributed by atoms with Gasteiger partial charge in [0, 0.05) is 12.3 Å². The Morgan fingerprint density at radius 1 is 1.22 bits per heavy atom. The lowest BCUT2D eigenvalue weighted by atomic mass is 9.88. The van der Waals surface area contributed by atoms with Gasteiger partial charge in [0.1, 0.15) is 11.4 Å². The van der Waals surface area contributed by atoms with Crippen LogP contribution in [0.5, 0.6) is 0 Å². The second-order valence-corrected chi connectivity index (χ2v) is 7.73. The van der Waals surface area contributed by atoms with Crippen molar-refractivity contribution in [2.24, 2.45) is 11.8 Å². The predicted octanol–water partition coefficient (Wildman–Crippen LogP) is 2.58. The number of hydrogen-bond donors (Lipinski definition) is 3. The number of carbonyl (C=O) groups excluding carboxylic acids is 1. The highest BCUT2D eigenvalue weighted by atomic mass is 16.4. The quantitative estimate of drug-likeness (QED) is 0.693. The van der Waals surface area contributed by atoms with Crippen molar-refractivity contribution >= 4 is 11.8 Å². The summed E-state index contributed by atoms with van der Waals surface area (Å²) in [6.45, 7) is 0. The molecule has 0 saturated heterocycles. The van der Waals surface area contributed by atoms with Crippen LogP contribution in [0.1, 0.15) is 60.9 Å². The Labute approximate surface area is 159 Å². The first kappa shape index (κ1) is 19.6. The third-order valence-corrected chi connectivity index (χ3v) is 5.78. The monoisotopic (exact) mass is 370 g/mol. The molecule has 3 rings (SSSR count). The largest absolute Gasteiger partial charge is 0.478 e. The minimum Gasteiger partial charge on any atom is -0.478 e. The summed E-state index contributed by atoms with van der Waals surface area (Å²) >= 11 is 0. The van der Waals surface area contributed by atoms with Crippen LogP contribution in [0.15, 0.2) is 24.3 Å². The Morgan fingerprint density at radius 3 is 2.63 bits per heavy atom. The lowest BCUT2D eigenvalue weighted by Crippen LogP contribution is -2.24. The Hall–Kier alpha value is -2.16. The Kier molecular flexibility index (Phi) is 5.98. The van der Waals surface area contributed by atoms with E-state index in [4.69, 9.17) is 0 Å². The van der Waals surface area contributed by atoms with Crippen LogP contribution in [0.25, 0.3) is 0 Å². The predicted molar refractivity (Wildman–Crippen MR) is 100 cm³/mol. The Bertz CT molecular complexity index is 766. The zero-order chi connectivity index (χ0) is 19.4. The van der Waals surface area contributed by atoms with Crippen molar-refractivity contribution in [2.75, 3.05) is 0 Å². The number of carboxylic acid groups (broad SMARTS) is 1. The van der Waals surface area contributed by atoms with Gasteiger partial charge in [0.25, 0.3) is 0 Å². The maximum atomic E-state index is 12.3. The fourth-order valence-electron chi connectivity index (χ4n) is 4.25. The van der Waals surface area contributed by atoms with E-state index >= 15 is 0 Å². The smallest absolute Gasteiger partial charge is 0.335 e. The highest BCUT2D eigenvalue weighted by molar-refractivity contribution is 5.89. The van der Waals surface area contributed by atoms with E-state index in [-0.39, 0.29) is 23.7 Å². The summed E-state index contributed by atoms with van der Waals surface area (Å²) in [6.07, 6.45) is 4.28. The first-order valence-corrected chi connectivity index (χ1v) is 9.67. The molecule has 0 aromatic heterocycles. The molecule has 3 N–H and O–H groups in total. The van der Waals surface area contributed by atoms with E-state index in [0.717, 1.165) is 18.4 Å². The molecule has 0 heterocycles. The van der Waals surface area contributed by atoms with E-state index in [1.807, 2.05) is 6.07 Å². The first-order chi connectivity index (χ1) is 12.9. The zero-order valence-corrected chi connectivity index (χ0v) is 15.4. The summed E-state index contributed by atoms with van der Waals surface area (Å²) in [6, 6.07) is 6.88. The Morgan fingerprint density at radius 2 is 1.93 bits per heavy atom. The number of carbonyl (C=O) groups is 2. The van der Waals surface area contributed by atoms with Crippen molar-refractivity contribution in [3.05, 3.63) is 35.4 Å². The highest BCUT2D eigenvalue weighted by Crippen LogP contribution is 2.34. The summed E-state index contributed by atoms with van der Waals surface area (Å²) in [5.41, 5.74) is 0.0602. The normalized spacial score (nSPS) is 26.6. The van der Waals surface area contributed by atoms with Crippen LogP contribution < -0.4 is 0 Å². The van der Waals surface area contributed by atoms with E-state index in [2.05, 4.69) is 11.8 Å². The van der Waals surface area contributed by atoms with E-state index < -0.39 is 23.6 Å². The van der Waals surface area contributed by atoms with Gasteiger partial charge in [-0.15, -0.1) is 0 Å². The fourth-order valence-corrected chi connectivity index (χ4v) is 4.25. The first-order valence-electron chi connectivity index (χ1n) is 9.67. The van der Waals surface area contributed by atoms with Crippen LogP contribution in [0.4, 0.5) is 0 Å². The van der Waals surface area contributed by atoms with Crippen molar-refractivity contribution in [2.45, 2.75) is 63.1 Å². The molecular formula is C22H26O5. The molecule has 2 fully saturated rings. The van der Waals surface area contributed by atoms with Gasteiger partial charge in [-0.25, -0.2) is 4.79 Å². The third-order valence-electron chi connectivity index (χ3n) is 5.78. The molecule has 0 amide bonds. The second-order valence-electron chi connectivity index (χ2n) is 7.73.